The number of rotatable bonds is 9. The van der Waals surface area contributed by atoms with Crippen molar-refractivity contribution in [3.05, 3.63) is 18.2 Å². The van der Waals surface area contributed by atoms with E-state index in [4.69, 9.17) is 18.9 Å². The van der Waals surface area contributed by atoms with E-state index in [9.17, 15) is 0 Å². The Morgan fingerprint density at radius 2 is 1.81 bits per heavy atom. The first-order valence-corrected chi connectivity index (χ1v) is 9.03. The molecule has 1 fully saturated rings. The van der Waals surface area contributed by atoms with Crippen LogP contribution in [0.25, 0.3) is 0 Å². The number of methoxy groups -OCH3 is 2. The van der Waals surface area contributed by atoms with Gasteiger partial charge in [-0.05, 0) is 26.2 Å². The monoisotopic (exact) mass is 493 g/mol. The van der Waals surface area contributed by atoms with Gasteiger partial charge in [0.2, 0.25) is 0 Å². The number of hydrogen-bond donors (Lipinski definition) is 2. The lowest BCUT2D eigenvalue weighted by atomic mass is 10.0. The largest absolute Gasteiger partial charge is 0.496 e. The van der Waals surface area contributed by atoms with Crippen LogP contribution in [0, 0.1) is 0 Å². The highest BCUT2D eigenvalue weighted by molar-refractivity contribution is 14.0. The van der Waals surface area contributed by atoms with E-state index in [-0.39, 0.29) is 29.6 Å². The van der Waals surface area contributed by atoms with Gasteiger partial charge in [-0.1, -0.05) is 0 Å². The maximum Gasteiger partial charge on any atom is 0.191 e. The second-order valence-corrected chi connectivity index (χ2v) is 6.50. The highest BCUT2D eigenvalue weighted by Gasteiger charge is 2.29. The zero-order chi connectivity index (χ0) is 18.8. The quantitative estimate of drug-likeness (QED) is 0.239. The van der Waals surface area contributed by atoms with Crippen molar-refractivity contribution < 1.29 is 18.9 Å². The van der Waals surface area contributed by atoms with Gasteiger partial charge in [0.25, 0.3) is 0 Å². The summed E-state index contributed by atoms with van der Waals surface area (Å²) in [6, 6.07) is 5.51. The molecule has 0 spiro atoms. The lowest BCUT2D eigenvalue weighted by Gasteiger charge is -2.24. The second-order valence-electron chi connectivity index (χ2n) is 6.50. The summed E-state index contributed by atoms with van der Waals surface area (Å²) in [6.07, 6.45) is 3.04. The van der Waals surface area contributed by atoms with Gasteiger partial charge in [-0.3, -0.25) is 4.99 Å². The average molecular weight is 493 g/mol. The maximum absolute atomic E-state index is 5.78. The Balaban J connectivity index is 0.00000364. The van der Waals surface area contributed by atoms with Gasteiger partial charge in [0.15, 0.2) is 5.96 Å². The van der Waals surface area contributed by atoms with Crippen LogP contribution < -0.4 is 24.8 Å². The fourth-order valence-electron chi connectivity index (χ4n) is 2.80. The van der Waals surface area contributed by atoms with Crippen molar-refractivity contribution in [2.24, 2.45) is 4.99 Å². The number of guanidine groups is 1. The molecule has 0 saturated carbocycles. The van der Waals surface area contributed by atoms with Gasteiger partial charge in [0, 0.05) is 44.9 Å². The van der Waals surface area contributed by atoms with Crippen LogP contribution >= 0.6 is 24.0 Å². The summed E-state index contributed by atoms with van der Waals surface area (Å²) in [5.74, 6) is 2.94. The smallest absolute Gasteiger partial charge is 0.191 e. The lowest BCUT2D eigenvalue weighted by molar-refractivity contribution is 0.0243. The zero-order valence-corrected chi connectivity index (χ0v) is 19.0. The summed E-state index contributed by atoms with van der Waals surface area (Å²) in [4.78, 5) is 4.25. The van der Waals surface area contributed by atoms with Crippen LogP contribution in [0.15, 0.2) is 23.2 Å². The first-order valence-electron chi connectivity index (χ1n) is 9.03. The highest BCUT2D eigenvalue weighted by Crippen LogP contribution is 2.27. The maximum atomic E-state index is 5.78. The summed E-state index contributed by atoms with van der Waals surface area (Å²) < 4.78 is 22.0. The summed E-state index contributed by atoms with van der Waals surface area (Å²) in [6.45, 7) is 5.08. The van der Waals surface area contributed by atoms with Crippen molar-refractivity contribution in [1.82, 2.24) is 10.6 Å². The molecule has 1 aliphatic heterocycles. The highest BCUT2D eigenvalue weighted by atomic mass is 127. The first kappa shape index (κ1) is 23.6. The van der Waals surface area contributed by atoms with E-state index in [1.807, 2.05) is 18.2 Å². The molecule has 0 radical (unpaired) electrons. The Kier molecular flexibility index (Phi) is 10.6. The SMILES string of the molecule is CN=C(NCCCOc1cc(OC)cc(OC)c1)NCC1(C)CCCO1.I. The fraction of sp³-hybridized carbons (Fsp3) is 0.632. The molecule has 1 aliphatic rings. The average Bonchev–Trinajstić information content (AvgIpc) is 3.10. The minimum absolute atomic E-state index is 0. The van der Waals surface area contributed by atoms with Gasteiger partial charge in [-0.15, -0.1) is 24.0 Å². The van der Waals surface area contributed by atoms with Gasteiger partial charge in [-0.2, -0.15) is 0 Å². The van der Waals surface area contributed by atoms with Gasteiger partial charge in [0.05, 0.1) is 26.4 Å². The first-order chi connectivity index (χ1) is 12.6. The standard InChI is InChI=1S/C19H31N3O4.HI/c1-19(7-5-10-26-19)14-22-18(20-2)21-8-6-9-25-17-12-15(23-3)11-16(13-17)24-4;/h11-13H,5-10,14H2,1-4H3,(H2,20,21,22);1H. The van der Waals surface area contributed by atoms with Crippen LogP contribution in [0.5, 0.6) is 17.2 Å². The third kappa shape index (κ3) is 8.00. The predicted octanol–water partition coefficient (Wildman–Crippen LogP) is 2.82. The van der Waals surface area contributed by atoms with Crippen molar-refractivity contribution in [1.29, 1.82) is 0 Å². The topological polar surface area (TPSA) is 73.3 Å². The lowest BCUT2D eigenvalue weighted by Crippen LogP contribution is -2.45. The van der Waals surface area contributed by atoms with Gasteiger partial charge in [-0.25, -0.2) is 0 Å². The summed E-state index contributed by atoms with van der Waals surface area (Å²) in [5, 5.41) is 6.63. The van der Waals surface area contributed by atoms with E-state index in [0.717, 1.165) is 50.7 Å². The number of benzene rings is 1. The number of ether oxygens (including phenoxy) is 4. The van der Waals surface area contributed by atoms with Crippen LogP contribution in [0.3, 0.4) is 0 Å². The summed E-state index contributed by atoms with van der Waals surface area (Å²) >= 11 is 0. The number of nitrogens with one attached hydrogen (secondary N) is 2. The molecule has 2 N–H and O–H groups in total. The third-order valence-corrected chi connectivity index (χ3v) is 4.36. The van der Waals surface area contributed by atoms with Crippen molar-refractivity contribution in [2.45, 2.75) is 31.8 Å². The molecule has 1 heterocycles. The molecular weight excluding hydrogens is 461 g/mol. The molecule has 1 aromatic carbocycles. The molecule has 1 unspecified atom stereocenters. The zero-order valence-electron chi connectivity index (χ0n) is 16.7. The molecule has 8 heteroatoms. The Morgan fingerprint density at radius 1 is 1.15 bits per heavy atom. The third-order valence-electron chi connectivity index (χ3n) is 4.36. The predicted molar refractivity (Wildman–Crippen MR) is 118 cm³/mol. The van der Waals surface area contributed by atoms with Gasteiger partial charge < -0.3 is 29.6 Å². The Labute approximate surface area is 179 Å². The van der Waals surface area contributed by atoms with Crippen molar-refractivity contribution in [3.8, 4) is 17.2 Å². The van der Waals surface area contributed by atoms with E-state index in [1.54, 1.807) is 21.3 Å². The molecule has 0 bridgehead atoms. The minimum atomic E-state index is -0.0911. The molecule has 0 amide bonds. The van der Waals surface area contributed by atoms with Crippen molar-refractivity contribution in [3.63, 3.8) is 0 Å². The normalized spacial score (nSPS) is 19.2. The van der Waals surface area contributed by atoms with E-state index >= 15 is 0 Å². The van der Waals surface area contributed by atoms with Gasteiger partial charge in [0.1, 0.15) is 17.2 Å². The summed E-state index contributed by atoms with van der Waals surface area (Å²) in [7, 11) is 5.02. The molecule has 7 nitrogen and oxygen atoms in total. The van der Waals surface area contributed by atoms with Crippen LogP contribution in [-0.4, -0.2) is 59.1 Å². The molecule has 1 aromatic rings. The van der Waals surface area contributed by atoms with Crippen molar-refractivity contribution in [2.75, 3.05) is 47.6 Å². The molecule has 0 aliphatic carbocycles. The summed E-state index contributed by atoms with van der Waals surface area (Å²) in [5.41, 5.74) is -0.0911. The van der Waals surface area contributed by atoms with Crippen molar-refractivity contribution >= 4 is 29.9 Å². The molecule has 1 saturated heterocycles. The van der Waals surface area contributed by atoms with E-state index in [1.165, 1.54) is 0 Å². The Hall–Kier alpha value is -1.42. The van der Waals surface area contributed by atoms with Crippen LogP contribution in [-0.2, 0) is 4.74 Å². The van der Waals surface area contributed by atoms with Crippen LogP contribution in [0.2, 0.25) is 0 Å². The fourth-order valence-corrected chi connectivity index (χ4v) is 2.80. The molecule has 2 rings (SSSR count). The number of nitrogens with zero attached hydrogens (tertiary/aromatic N) is 1. The van der Waals surface area contributed by atoms with E-state index in [2.05, 4.69) is 22.5 Å². The van der Waals surface area contributed by atoms with E-state index < -0.39 is 0 Å². The molecule has 0 aromatic heterocycles. The van der Waals surface area contributed by atoms with Gasteiger partial charge >= 0.3 is 0 Å². The molecule has 27 heavy (non-hydrogen) atoms. The number of aliphatic imine (C=N–C) groups is 1. The Bertz CT molecular complexity index is 570. The second kappa shape index (κ2) is 12.1. The Morgan fingerprint density at radius 3 is 2.37 bits per heavy atom. The molecule has 1 atom stereocenters. The molecule has 154 valence electrons. The minimum Gasteiger partial charge on any atom is -0.496 e. The number of halogens is 1. The molecular formula is C19H32IN3O4. The van der Waals surface area contributed by atoms with Crippen LogP contribution in [0.1, 0.15) is 26.2 Å². The number of hydrogen-bond acceptors (Lipinski definition) is 5. The van der Waals surface area contributed by atoms with E-state index in [0.29, 0.717) is 18.1 Å². The van der Waals surface area contributed by atoms with Crippen LogP contribution in [0.4, 0.5) is 0 Å².